The Hall–Kier alpha value is -1.70. The van der Waals surface area contributed by atoms with Crippen LogP contribution in [0.4, 0.5) is 4.39 Å². The lowest BCUT2D eigenvalue weighted by atomic mass is 9.91. The number of benzene rings is 1. The number of hydrogen-bond acceptors (Lipinski definition) is 0. The van der Waals surface area contributed by atoms with Gasteiger partial charge in [-0.1, -0.05) is 18.2 Å². The fourth-order valence-electron chi connectivity index (χ4n) is 2.36. The van der Waals surface area contributed by atoms with Crippen LogP contribution in [0, 0.1) is 6.92 Å². The topological polar surface area (TPSA) is 3.88 Å². The lowest BCUT2D eigenvalue weighted by Crippen LogP contribution is -2.32. The summed E-state index contributed by atoms with van der Waals surface area (Å²) in [6, 6.07) is 11.7. The SMILES string of the molecule is Cc1ccc[n+](C)c1-c1ccccc1C(C)(C)F. The predicted molar refractivity (Wildman–Crippen MR) is 71.9 cm³/mol. The molecule has 0 saturated carbocycles. The number of aryl methyl sites for hydroxylation is 2. The minimum atomic E-state index is -1.34. The highest BCUT2D eigenvalue weighted by Gasteiger charge is 2.26. The highest BCUT2D eigenvalue weighted by Crippen LogP contribution is 2.33. The van der Waals surface area contributed by atoms with Gasteiger partial charge in [0.1, 0.15) is 12.7 Å². The third-order valence-corrected chi connectivity index (χ3v) is 3.20. The van der Waals surface area contributed by atoms with Gasteiger partial charge in [0.15, 0.2) is 6.20 Å². The molecule has 2 heteroatoms. The van der Waals surface area contributed by atoms with Crippen LogP contribution in [0.25, 0.3) is 11.3 Å². The van der Waals surface area contributed by atoms with Gasteiger partial charge in [-0.15, -0.1) is 0 Å². The van der Waals surface area contributed by atoms with Gasteiger partial charge in [-0.2, -0.15) is 0 Å². The molecule has 0 aliphatic carbocycles. The number of alkyl halides is 1. The first-order valence-electron chi connectivity index (χ1n) is 6.15. The van der Waals surface area contributed by atoms with Gasteiger partial charge >= 0.3 is 0 Å². The first kappa shape index (κ1) is 12.7. The second kappa shape index (κ2) is 4.52. The molecule has 0 radical (unpaired) electrons. The number of halogens is 1. The Morgan fingerprint density at radius 3 is 2.33 bits per heavy atom. The minimum Gasteiger partial charge on any atom is -0.239 e. The molecule has 0 aliphatic rings. The monoisotopic (exact) mass is 244 g/mol. The van der Waals surface area contributed by atoms with E-state index in [9.17, 15) is 4.39 Å². The summed E-state index contributed by atoms with van der Waals surface area (Å²) in [6.45, 7) is 5.26. The fraction of sp³-hybridized carbons (Fsp3) is 0.312. The molecule has 0 spiro atoms. The molecular weight excluding hydrogens is 225 g/mol. The first-order valence-corrected chi connectivity index (χ1v) is 6.15. The molecule has 0 aliphatic heterocycles. The molecule has 0 amide bonds. The molecule has 0 atom stereocenters. The zero-order valence-electron chi connectivity index (χ0n) is 11.4. The number of nitrogens with zero attached hydrogens (tertiary/aromatic N) is 1. The molecule has 0 N–H and O–H groups in total. The molecule has 0 bridgehead atoms. The van der Waals surface area contributed by atoms with Gasteiger partial charge in [-0.25, -0.2) is 8.96 Å². The Balaban J connectivity index is 2.73. The number of pyridine rings is 1. The van der Waals surface area contributed by atoms with E-state index in [4.69, 9.17) is 0 Å². The van der Waals surface area contributed by atoms with E-state index in [-0.39, 0.29) is 0 Å². The summed E-state index contributed by atoms with van der Waals surface area (Å²) in [5, 5.41) is 0. The van der Waals surface area contributed by atoms with Gasteiger partial charge in [0.05, 0.1) is 5.56 Å². The second-order valence-corrected chi connectivity index (χ2v) is 5.17. The normalized spacial score (nSPS) is 11.6. The third kappa shape index (κ3) is 2.28. The highest BCUT2D eigenvalue weighted by molar-refractivity contribution is 5.65. The molecule has 2 rings (SSSR count). The lowest BCUT2D eigenvalue weighted by Gasteiger charge is -2.18. The molecule has 0 fully saturated rings. The van der Waals surface area contributed by atoms with Crippen LogP contribution >= 0.6 is 0 Å². The zero-order valence-corrected chi connectivity index (χ0v) is 11.4. The van der Waals surface area contributed by atoms with Crippen molar-refractivity contribution in [1.82, 2.24) is 0 Å². The molecule has 94 valence electrons. The van der Waals surface area contributed by atoms with Gasteiger partial charge < -0.3 is 0 Å². The molecule has 18 heavy (non-hydrogen) atoms. The smallest absolute Gasteiger partial charge is 0.215 e. The molecule has 2 aromatic rings. The van der Waals surface area contributed by atoms with Crippen LogP contribution in [0.1, 0.15) is 25.0 Å². The van der Waals surface area contributed by atoms with Crippen LogP contribution < -0.4 is 4.57 Å². The van der Waals surface area contributed by atoms with E-state index in [1.165, 1.54) is 0 Å². The van der Waals surface area contributed by atoms with E-state index in [1.54, 1.807) is 13.8 Å². The van der Waals surface area contributed by atoms with Crippen molar-refractivity contribution in [1.29, 1.82) is 0 Å². The maximum atomic E-state index is 14.3. The van der Waals surface area contributed by atoms with E-state index in [0.29, 0.717) is 0 Å². The molecule has 1 aromatic carbocycles. The van der Waals surface area contributed by atoms with Crippen molar-refractivity contribution < 1.29 is 8.96 Å². The van der Waals surface area contributed by atoms with Crippen LogP contribution in [-0.4, -0.2) is 0 Å². The third-order valence-electron chi connectivity index (χ3n) is 3.20. The predicted octanol–water partition coefficient (Wildman–Crippen LogP) is 3.69. The largest absolute Gasteiger partial charge is 0.239 e. The van der Waals surface area contributed by atoms with E-state index in [1.807, 2.05) is 48.1 Å². The number of hydrogen-bond donors (Lipinski definition) is 0. The lowest BCUT2D eigenvalue weighted by molar-refractivity contribution is -0.660. The molecule has 0 unspecified atom stereocenters. The Kier molecular flexibility index (Phi) is 3.20. The van der Waals surface area contributed by atoms with Crippen molar-refractivity contribution in [3.05, 3.63) is 53.7 Å². The van der Waals surface area contributed by atoms with Gasteiger partial charge in [-0.3, -0.25) is 0 Å². The van der Waals surface area contributed by atoms with Crippen molar-refractivity contribution >= 4 is 0 Å². The van der Waals surface area contributed by atoms with Gasteiger partial charge in [0.25, 0.3) is 0 Å². The van der Waals surface area contributed by atoms with Crippen molar-refractivity contribution in [2.45, 2.75) is 26.4 Å². The summed E-state index contributed by atoms with van der Waals surface area (Å²) < 4.78 is 16.4. The van der Waals surface area contributed by atoms with E-state index >= 15 is 0 Å². The van der Waals surface area contributed by atoms with Crippen molar-refractivity contribution in [3.63, 3.8) is 0 Å². The van der Waals surface area contributed by atoms with Gasteiger partial charge in [-0.05, 0) is 32.9 Å². The summed E-state index contributed by atoms with van der Waals surface area (Å²) >= 11 is 0. The maximum absolute atomic E-state index is 14.3. The molecule has 1 nitrogen and oxygen atoms in total. The average molecular weight is 244 g/mol. The second-order valence-electron chi connectivity index (χ2n) is 5.17. The van der Waals surface area contributed by atoms with Crippen LogP contribution in [0.15, 0.2) is 42.6 Å². The van der Waals surface area contributed by atoms with Gasteiger partial charge in [0.2, 0.25) is 5.69 Å². The van der Waals surface area contributed by atoms with Crippen LogP contribution in [0.5, 0.6) is 0 Å². The quantitative estimate of drug-likeness (QED) is 0.709. The Morgan fingerprint density at radius 1 is 1.06 bits per heavy atom. The van der Waals surface area contributed by atoms with E-state index in [0.717, 1.165) is 22.4 Å². The Labute approximate surface area is 108 Å². The average Bonchev–Trinajstić information content (AvgIpc) is 2.28. The fourth-order valence-corrected chi connectivity index (χ4v) is 2.36. The first-order chi connectivity index (χ1) is 8.41. The van der Waals surface area contributed by atoms with Crippen molar-refractivity contribution in [2.24, 2.45) is 7.05 Å². The molecule has 0 saturated heterocycles. The van der Waals surface area contributed by atoms with Crippen LogP contribution in [0.2, 0.25) is 0 Å². The standard InChI is InChI=1S/C16H19FN/c1-12-8-7-11-18(4)15(12)13-9-5-6-10-14(13)16(2,3)17/h5-11H,1-4H3/q+1. The van der Waals surface area contributed by atoms with E-state index in [2.05, 4.69) is 13.0 Å². The van der Waals surface area contributed by atoms with Crippen molar-refractivity contribution in [2.75, 3.05) is 0 Å². The van der Waals surface area contributed by atoms with Crippen molar-refractivity contribution in [3.8, 4) is 11.3 Å². The summed E-state index contributed by atoms with van der Waals surface area (Å²) in [4.78, 5) is 0. The van der Waals surface area contributed by atoms with E-state index < -0.39 is 5.67 Å². The number of rotatable bonds is 2. The zero-order chi connectivity index (χ0) is 13.3. The summed E-state index contributed by atoms with van der Waals surface area (Å²) in [5.41, 5.74) is 2.57. The van der Waals surface area contributed by atoms with Gasteiger partial charge in [0, 0.05) is 17.2 Å². The summed E-state index contributed by atoms with van der Waals surface area (Å²) in [5.74, 6) is 0. The molecule has 1 heterocycles. The summed E-state index contributed by atoms with van der Waals surface area (Å²) in [6.07, 6.45) is 1.99. The Morgan fingerprint density at radius 2 is 1.72 bits per heavy atom. The van der Waals surface area contributed by atoms with Crippen LogP contribution in [-0.2, 0) is 12.7 Å². The molecular formula is C16H19FN+. The Bertz CT molecular complexity index is 547. The van der Waals surface area contributed by atoms with Crippen LogP contribution in [0.3, 0.4) is 0 Å². The highest BCUT2D eigenvalue weighted by atomic mass is 19.1. The summed E-state index contributed by atoms with van der Waals surface area (Å²) in [7, 11) is 1.99. The maximum Gasteiger partial charge on any atom is 0.215 e. The molecule has 1 aromatic heterocycles. The number of aromatic nitrogens is 1. The minimum absolute atomic E-state index is 0.731.